The smallest absolute Gasteiger partial charge is 0.306 e. The standard InChI is InChI=1S/C13H20N4O3/c1-10-4-3-5-11(2)16(10)13(18)6-7-15-9-12(8-14-15)17(19)20/h8-11H,3-7H2,1-2H3. The van der Waals surface area contributed by atoms with Crippen molar-refractivity contribution in [3.8, 4) is 0 Å². The maximum Gasteiger partial charge on any atom is 0.306 e. The largest absolute Gasteiger partial charge is 0.337 e. The number of nitro groups is 1. The molecular formula is C13H20N4O3. The molecule has 7 heteroatoms. The van der Waals surface area contributed by atoms with E-state index in [-0.39, 0.29) is 23.7 Å². The molecule has 0 aliphatic carbocycles. The third-order valence-corrected chi connectivity index (χ3v) is 3.87. The van der Waals surface area contributed by atoms with Crippen LogP contribution >= 0.6 is 0 Å². The second-order valence-electron chi connectivity index (χ2n) is 5.40. The summed E-state index contributed by atoms with van der Waals surface area (Å²) in [6.45, 7) is 4.53. The summed E-state index contributed by atoms with van der Waals surface area (Å²) >= 11 is 0. The molecule has 0 spiro atoms. The molecular weight excluding hydrogens is 260 g/mol. The van der Waals surface area contributed by atoms with Gasteiger partial charge in [0.15, 0.2) is 0 Å². The van der Waals surface area contributed by atoms with Crippen molar-refractivity contribution >= 4 is 11.6 Å². The van der Waals surface area contributed by atoms with E-state index in [2.05, 4.69) is 18.9 Å². The van der Waals surface area contributed by atoms with Crippen LogP contribution < -0.4 is 0 Å². The van der Waals surface area contributed by atoms with Crippen LogP contribution in [0.25, 0.3) is 0 Å². The lowest BCUT2D eigenvalue weighted by Gasteiger charge is -2.39. The molecule has 1 aromatic heterocycles. The first-order valence-electron chi connectivity index (χ1n) is 6.97. The van der Waals surface area contributed by atoms with Crippen molar-refractivity contribution in [1.82, 2.24) is 14.7 Å². The van der Waals surface area contributed by atoms with Gasteiger partial charge in [-0.15, -0.1) is 0 Å². The van der Waals surface area contributed by atoms with Gasteiger partial charge in [0.25, 0.3) is 0 Å². The summed E-state index contributed by atoms with van der Waals surface area (Å²) in [5, 5.41) is 14.5. The van der Waals surface area contributed by atoms with Crippen LogP contribution in [0, 0.1) is 10.1 Å². The number of carbonyl (C=O) groups excluding carboxylic acids is 1. The lowest BCUT2D eigenvalue weighted by molar-refractivity contribution is -0.385. The first-order valence-corrected chi connectivity index (χ1v) is 6.97. The van der Waals surface area contributed by atoms with Gasteiger partial charge in [0.2, 0.25) is 5.91 Å². The Morgan fingerprint density at radius 1 is 1.45 bits per heavy atom. The van der Waals surface area contributed by atoms with Crippen molar-refractivity contribution in [2.75, 3.05) is 0 Å². The predicted octanol–water partition coefficient (Wildman–Crippen LogP) is 1.97. The van der Waals surface area contributed by atoms with Gasteiger partial charge in [-0.3, -0.25) is 19.6 Å². The fraction of sp³-hybridized carbons (Fsp3) is 0.692. The van der Waals surface area contributed by atoms with Crippen LogP contribution in [0.5, 0.6) is 0 Å². The number of aromatic nitrogens is 2. The van der Waals surface area contributed by atoms with E-state index in [1.54, 1.807) is 0 Å². The molecule has 2 heterocycles. The van der Waals surface area contributed by atoms with E-state index >= 15 is 0 Å². The maximum atomic E-state index is 12.3. The molecule has 0 saturated carbocycles. The van der Waals surface area contributed by atoms with Crippen molar-refractivity contribution in [2.45, 2.75) is 58.2 Å². The summed E-state index contributed by atoms with van der Waals surface area (Å²) < 4.78 is 1.45. The van der Waals surface area contributed by atoms with Crippen molar-refractivity contribution < 1.29 is 9.72 Å². The van der Waals surface area contributed by atoms with Crippen LogP contribution in [0.3, 0.4) is 0 Å². The zero-order valence-corrected chi connectivity index (χ0v) is 11.9. The third kappa shape index (κ3) is 3.15. The summed E-state index contributed by atoms with van der Waals surface area (Å²) in [6, 6.07) is 0.552. The number of aryl methyl sites for hydroxylation is 1. The molecule has 2 unspecified atom stereocenters. The Hall–Kier alpha value is -1.92. The second-order valence-corrected chi connectivity index (χ2v) is 5.40. The molecule has 0 N–H and O–H groups in total. The molecule has 1 aliphatic heterocycles. The van der Waals surface area contributed by atoms with E-state index in [1.165, 1.54) is 17.1 Å². The molecule has 0 radical (unpaired) electrons. The molecule has 2 rings (SSSR count). The maximum absolute atomic E-state index is 12.3. The van der Waals surface area contributed by atoms with Gasteiger partial charge >= 0.3 is 5.69 Å². The third-order valence-electron chi connectivity index (χ3n) is 3.87. The van der Waals surface area contributed by atoms with E-state index in [9.17, 15) is 14.9 Å². The van der Waals surface area contributed by atoms with E-state index in [0.717, 1.165) is 19.3 Å². The molecule has 20 heavy (non-hydrogen) atoms. The molecule has 1 fully saturated rings. The Balaban J connectivity index is 1.92. The number of carbonyl (C=O) groups is 1. The highest BCUT2D eigenvalue weighted by molar-refractivity contribution is 5.76. The molecule has 7 nitrogen and oxygen atoms in total. The fourth-order valence-electron chi connectivity index (χ4n) is 2.82. The van der Waals surface area contributed by atoms with Crippen LogP contribution in [0.2, 0.25) is 0 Å². The van der Waals surface area contributed by atoms with Crippen molar-refractivity contribution in [3.63, 3.8) is 0 Å². The summed E-state index contributed by atoms with van der Waals surface area (Å²) in [6.07, 6.45) is 6.14. The Kier molecular flexibility index (Phi) is 4.36. The Morgan fingerprint density at radius 2 is 2.10 bits per heavy atom. The number of likely N-dealkylation sites (tertiary alicyclic amines) is 1. The summed E-state index contributed by atoms with van der Waals surface area (Å²) in [5.41, 5.74) is -0.0443. The monoisotopic (exact) mass is 280 g/mol. The van der Waals surface area contributed by atoms with Crippen molar-refractivity contribution in [2.24, 2.45) is 0 Å². The minimum Gasteiger partial charge on any atom is -0.337 e. The molecule has 1 aliphatic rings. The molecule has 0 aromatic carbocycles. The van der Waals surface area contributed by atoms with Gasteiger partial charge in [-0.05, 0) is 33.1 Å². The SMILES string of the molecule is CC1CCCC(C)N1C(=O)CCn1cc([N+](=O)[O-])cn1. The van der Waals surface area contributed by atoms with Gasteiger partial charge in [0.1, 0.15) is 12.4 Å². The fourth-order valence-corrected chi connectivity index (χ4v) is 2.82. The first-order chi connectivity index (χ1) is 9.49. The highest BCUT2D eigenvalue weighted by Crippen LogP contribution is 2.23. The second kappa shape index (κ2) is 6.02. The Morgan fingerprint density at radius 3 is 2.65 bits per heavy atom. The summed E-state index contributed by atoms with van der Waals surface area (Å²) in [7, 11) is 0. The van der Waals surface area contributed by atoms with Gasteiger partial charge in [0, 0.05) is 25.0 Å². The Labute approximate surface area is 117 Å². The quantitative estimate of drug-likeness (QED) is 0.623. The first kappa shape index (κ1) is 14.5. The Bertz CT molecular complexity index is 490. The van der Waals surface area contributed by atoms with Gasteiger partial charge < -0.3 is 4.90 Å². The number of piperidine rings is 1. The minimum atomic E-state index is -0.486. The number of amides is 1. The molecule has 1 aromatic rings. The van der Waals surface area contributed by atoms with Crippen LogP contribution in [0.4, 0.5) is 5.69 Å². The molecule has 2 atom stereocenters. The van der Waals surface area contributed by atoms with E-state index in [0.29, 0.717) is 13.0 Å². The van der Waals surface area contributed by atoms with Crippen LogP contribution in [0.15, 0.2) is 12.4 Å². The van der Waals surface area contributed by atoms with Crippen LogP contribution in [0.1, 0.15) is 39.5 Å². The molecule has 1 amide bonds. The van der Waals surface area contributed by atoms with Gasteiger partial charge in [-0.25, -0.2) is 0 Å². The van der Waals surface area contributed by atoms with Crippen LogP contribution in [-0.2, 0) is 11.3 Å². The number of nitrogens with zero attached hydrogens (tertiary/aromatic N) is 4. The van der Waals surface area contributed by atoms with E-state index in [4.69, 9.17) is 0 Å². The van der Waals surface area contributed by atoms with Crippen molar-refractivity contribution in [1.29, 1.82) is 0 Å². The highest BCUT2D eigenvalue weighted by atomic mass is 16.6. The average Bonchev–Trinajstić information content (AvgIpc) is 2.85. The summed E-state index contributed by atoms with van der Waals surface area (Å²) in [5.74, 6) is 0.0999. The van der Waals surface area contributed by atoms with Crippen LogP contribution in [-0.4, -0.2) is 37.6 Å². The van der Waals surface area contributed by atoms with E-state index < -0.39 is 4.92 Å². The molecule has 0 bridgehead atoms. The van der Waals surface area contributed by atoms with Gasteiger partial charge in [-0.2, -0.15) is 5.10 Å². The number of rotatable bonds is 4. The van der Waals surface area contributed by atoms with E-state index in [1.807, 2.05) is 4.90 Å². The zero-order valence-electron chi connectivity index (χ0n) is 11.9. The average molecular weight is 280 g/mol. The van der Waals surface area contributed by atoms with Crippen molar-refractivity contribution in [3.05, 3.63) is 22.5 Å². The normalized spacial score (nSPS) is 22.8. The highest BCUT2D eigenvalue weighted by Gasteiger charge is 2.28. The molecule has 110 valence electrons. The topological polar surface area (TPSA) is 81.3 Å². The van der Waals surface area contributed by atoms with Gasteiger partial charge in [-0.1, -0.05) is 0 Å². The minimum absolute atomic E-state index is 0.0443. The predicted molar refractivity (Wildman–Crippen MR) is 73.1 cm³/mol. The lowest BCUT2D eigenvalue weighted by Crippen LogP contribution is -2.47. The summed E-state index contributed by atoms with van der Waals surface area (Å²) in [4.78, 5) is 24.3. The number of hydrogen-bond donors (Lipinski definition) is 0. The zero-order chi connectivity index (χ0) is 14.7. The molecule has 1 saturated heterocycles. The lowest BCUT2D eigenvalue weighted by atomic mass is 9.97. The van der Waals surface area contributed by atoms with Gasteiger partial charge in [0.05, 0.1) is 4.92 Å². The number of hydrogen-bond acceptors (Lipinski definition) is 4.